The van der Waals surface area contributed by atoms with Crippen molar-refractivity contribution in [1.82, 2.24) is 5.32 Å². The summed E-state index contributed by atoms with van der Waals surface area (Å²) in [6, 6.07) is -0.632. The molecule has 0 aliphatic rings. The summed E-state index contributed by atoms with van der Waals surface area (Å²) in [6.07, 6.45) is 64.4. The summed E-state index contributed by atoms with van der Waals surface area (Å²) >= 11 is 0. The number of aliphatic hydroxyl groups is 2. The molecule has 1 amide bonds. The van der Waals surface area contributed by atoms with Crippen molar-refractivity contribution in [3.63, 3.8) is 0 Å². The van der Waals surface area contributed by atoms with Gasteiger partial charge >= 0.3 is 5.97 Å². The fourth-order valence-corrected chi connectivity index (χ4v) is 8.37. The number of esters is 1. The number of nitrogens with one attached hydrogen (secondary N) is 1. The molecule has 0 aliphatic carbocycles. The molecular formula is C57H107NO5. The second kappa shape index (κ2) is 52.7. The van der Waals surface area contributed by atoms with Crippen molar-refractivity contribution in [2.75, 3.05) is 13.2 Å². The number of unbranched alkanes of at least 4 members (excludes halogenated alkanes) is 36. The number of amides is 1. The third-order valence-electron chi connectivity index (χ3n) is 12.7. The van der Waals surface area contributed by atoms with E-state index in [-0.39, 0.29) is 18.5 Å². The molecule has 0 aromatic carbocycles. The van der Waals surface area contributed by atoms with Crippen LogP contribution in [0.25, 0.3) is 0 Å². The Morgan fingerprint density at radius 1 is 0.444 bits per heavy atom. The lowest BCUT2D eigenvalue weighted by Crippen LogP contribution is -2.45. The highest BCUT2D eigenvalue weighted by Crippen LogP contribution is 2.16. The Morgan fingerprint density at radius 2 is 0.794 bits per heavy atom. The van der Waals surface area contributed by atoms with Crippen LogP contribution in [-0.2, 0) is 14.3 Å². The highest BCUT2D eigenvalue weighted by atomic mass is 16.5. The van der Waals surface area contributed by atoms with E-state index in [0.717, 1.165) is 51.4 Å². The summed E-state index contributed by atoms with van der Waals surface area (Å²) in [4.78, 5) is 24.5. The average Bonchev–Trinajstić information content (AvgIpc) is 3.28. The first-order valence-corrected chi connectivity index (χ1v) is 27.8. The SMILES string of the molecule is CCCCC/C=C\C/C=C\CCCCCCCCCCCC(=O)OCCCCCCCCCCCCCCCCCCC(=O)NC(CO)C(O)/C=C/CCCCCCCCCCC. The van der Waals surface area contributed by atoms with E-state index in [9.17, 15) is 19.8 Å². The minimum atomic E-state index is -0.848. The van der Waals surface area contributed by atoms with Gasteiger partial charge in [0, 0.05) is 12.8 Å². The number of carbonyl (C=O) groups excluding carboxylic acids is 2. The van der Waals surface area contributed by atoms with Crippen molar-refractivity contribution in [3.05, 3.63) is 36.5 Å². The molecule has 0 spiro atoms. The van der Waals surface area contributed by atoms with Gasteiger partial charge in [-0.3, -0.25) is 9.59 Å². The monoisotopic (exact) mass is 886 g/mol. The van der Waals surface area contributed by atoms with E-state index in [1.807, 2.05) is 6.08 Å². The maximum Gasteiger partial charge on any atom is 0.305 e. The highest BCUT2D eigenvalue weighted by molar-refractivity contribution is 5.76. The molecule has 0 radical (unpaired) electrons. The summed E-state index contributed by atoms with van der Waals surface area (Å²) in [6.45, 7) is 4.85. The van der Waals surface area contributed by atoms with Gasteiger partial charge in [-0.1, -0.05) is 249 Å². The predicted molar refractivity (Wildman–Crippen MR) is 273 cm³/mol. The van der Waals surface area contributed by atoms with E-state index < -0.39 is 12.1 Å². The largest absolute Gasteiger partial charge is 0.466 e. The van der Waals surface area contributed by atoms with Crippen LogP contribution < -0.4 is 5.32 Å². The zero-order chi connectivity index (χ0) is 45.8. The molecule has 0 saturated heterocycles. The normalized spacial score (nSPS) is 12.9. The molecule has 63 heavy (non-hydrogen) atoms. The number of allylic oxidation sites excluding steroid dienone is 5. The molecule has 6 heteroatoms. The molecule has 0 bridgehead atoms. The maximum atomic E-state index is 12.4. The molecule has 0 aromatic rings. The summed E-state index contributed by atoms with van der Waals surface area (Å²) in [5, 5.41) is 23.0. The minimum Gasteiger partial charge on any atom is -0.466 e. The van der Waals surface area contributed by atoms with Crippen molar-refractivity contribution in [2.45, 2.75) is 302 Å². The number of hydrogen-bond donors (Lipinski definition) is 3. The number of rotatable bonds is 51. The van der Waals surface area contributed by atoms with E-state index in [0.29, 0.717) is 19.4 Å². The van der Waals surface area contributed by atoms with Crippen LogP contribution in [0.5, 0.6) is 0 Å². The van der Waals surface area contributed by atoms with Gasteiger partial charge in [0.05, 0.1) is 25.4 Å². The fraction of sp³-hybridized carbons (Fsp3) is 0.860. The first kappa shape index (κ1) is 61.1. The number of hydrogen-bond acceptors (Lipinski definition) is 5. The zero-order valence-corrected chi connectivity index (χ0v) is 42.1. The third kappa shape index (κ3) is 49.4. The molecule has 0 saturated carbocycles. The number of ether oxygens (including phenoxy) is 1. The van der Waals surface area contributed by atoms with Gasteiger partial charge in [0.2, 0.25) is 5.91 Å². The van der Waals surface area contributed by atoms with E-state index in [1.165, 1.54) is 212 Å². The van der Waals surface area contributed by atoms with Crippen LogP contribution in [0.1, 0.15) is 290 Å². The molecule has 2 unspecified atom stereocenters. The van der Waals surface area contributed by atoms with E-state index in [2.05, 4.69) is 43.5 Å². The van der Waals surface area contributed by atoms with Crippen LogP contribution >= 0.6 is 0 Å². The molecule has 6 nitrogen and oxygen atoms in total. The molecular weight excluding hydrogens is 779 g/mol. The van der Waals surface area contributed by atoms with Gasteiger partial charge in [-0.25, -0.2) is 0 Å². The first-order chi connectivity index (χ1) is 31.0. The zero-order valence-electron chi connectivity index (χ0n) is 42.1. The van der Waals surface area contributed by atoms with E-state index in [4.69, 9.17) is 4.74 Å². The quantitative estimate of drug-likeness (QED) is 0.0321. The van der Waals surface area contributed by atoms with Gasteiger partial charge in [0.1, 0.15) is 0 Å². The maximum absolute atomic E-state index is 12.4. The lowest BCUT2D eigenvalue weighted by atomic mass is 10.0. The van der Waals surface area contributed by atoms with Gasteiger partial charge in [0.15, 0.2) is 0 Å². The third-order valence-corrected chi connectivity index (χ3v) is 12.7. The summed E-state index contributed by atoms with van der Waals surface area (Å²) in [5.41, 5.74) is 0. The Morgan fingerprint density at radius 3 is 1.24 bits per heavy atom. The van der Waals surface area contributed by atoms with Crippen molar-refractivity contribution in [1.29, 1.82) is 0 Å². The Hall–Kier alpha value is -1.92. The van der Waals surface area contributed by atoms with Crippen LogP contribution in [0.3, 0.4) is 0 Å². The molecule has 0 fully saturated rings. The Balaban J connectivity index is 3.42. The fourth-order valence-electron chi connectivity index (χ4n) is 8.37. The minimum absolute atomic E-state index is 0.00211. The topological polar surface area (TPSA) is 95.9 Å². The van der Waals surface area contributed by atoms with Crippen molar-refractivity contribution in [2.24, 2.45) is 0 Å². The lowest BCUT2D eigenvalue weighted by Gasteiger charge is -2.20. The highest BCUT2D eigenvalue weighted by Gasteiger charge is 2.18. The van der Waals surface area contributed by atoms with Crippen molar-refractivity contribution < 1.29 is 24.5 Å². The molecule has 0 rings (SSSR count). The summed E-state index contributed by atoms with van der Waals surface area (Å²) in [7, 11) is 0. The van der Waals surface area contributed by atoms with Gasteiger partial charge in [0.25, 0.3) is 0 Å². The van der Waals surface area contributed by atoms with Crippen LogP contribution in [0.2, 0.25) is 0 Å². The standard InChI is InChI=1S/C57H107NO5/c1-3-5-7-9-11-13-15-16-17-18-19-20-24-27-31-35-39-43-47-51-57(62)63-52-48-44-40-36-32-28-25-22-21-23-26-30-34-38-42-46-50-56(61)58-54(53-59)55(60)49-45-41-37-33-29-14-12-10-8-6-4-2/h11,13,16-17,45,49,54-55,59-60H,3-10,12,14-15,18-44,46-48,50-53H2,1-2H3,(H,58,61)/b13-11-,17-16-,49-45+. The molecule has 3 N–H and O–H groups in total. The molecule has 0 heterocycles. The van der Waals surface area contributed by atoms with Crippen LogP contribution in [-0.4, -0.2) is 47.4 Å². The van der Waals surface area contributed by atoms with Crippen molar-refractivity contribution >= 4 is 11.9 Å². The second-order valence-corrected chi connectivity index (χ2v) is 18.9. The van der Waals surface area contributed by atoms with Crippen molar-refractivity contribution in [3.8, 4) is 0 Å². The van der Waals surface area contributed by atoms with Gasteiger partial charge in [-0.05, 0) is 64.2 Å². The molecule has 0 aliphatic heterocycles. The molecule has 370 valence electrons. The molecule has 0 aromatic heterocycles. The lowest BCUT2D eigenvalue weighted by molar-refractivity contribution is -0.143. The van der Waals surface area contributed by atoms with Crippen LogP contribution in [0.4, 0.5) is 0 Å². The number of aliphatic hydroxyl groups excluding tert-OH is 2. The smallest absolute Gasteiger partial charge is 0.305 e. The Labute approximate surface area is 392 Å². The van der Waals surface area contributed by atoms with E-state index in [1.54, 1.807) is 6.08 Å². The second-order valence-electron chi connectivity index (χ2n) is 18.9. The average molecular weight is 886 g/mol. The molecule has 2 atom stereocenters. The summed E-state index contributed by atoms with van der Waals surface area (Å²) < 4.78 is 5.48. The van der Waals surface area contributed by atoms with Crippen LogP contribution in [0, 0.1) is 0 Å². The predicted octanol–water partition coefficient (Wildman–Crippen LogP) is 16.9. The van der Waals surface area contributed by atoms with E-state index >= 15 is 0 Å². The Kier molecular flexibility index (Phi) is 51.1. The first-order valence-electron chi connectivity index (χ1n) is 27.8. The van der Waals surface area contributed by atoms with Crippen LogP contribution in [0.15, 0.2) is 36.5 Å². The number of carbonyl (C=O) groups is 2. The van der Waals surface area contributed by atoms with Gasteiger partial charge < -0.3 is 20.3 Å². The summed E-state index contributed by atoms with van der Waals surface area (Å²) in [5.74, 6) is -0.0785. The van der Waals surface area contributed by atoms with Gasteiger partial charge in [-0.15, -0.1) is 0 Å². The Bertz CT molecular complexity index is 1020. The van der Waals surface area contributed by atoms with Gasteiger partial charge in [-0.2, -0.15) is 0 Å².